The van der Waals surface area contributed by atoms with Gasteiger partial charge in [0.05, 0.1) is 22.2 Å². The van der Waals surface area contributed by atoms with Crippen LogP contribution in [0.3, 0.4) is 0 Å². The van der Waals surface area contributed by atoms with Crippen LogP contribution >= 0.6 is 46.4 Å². The lowest BCUT2D eigenvalue weighted by Crippen LogP contribution is -2.38. The summed E-state index contributed by atoms with van der Waals surface area (Å²) in [6, 6.07) is 0. The van der Waals surface area contributed by atoms with Crippen LogP contribution in [0.5, 0.6) is 0 Å². The van der Waals surface area contributed by atoms with E-state index in [9.17, 15) is 5.11 Å². The number of rotatable bonds is 0. The Hall–Kier alpha value is 0.860. The molecule has 5 heteroatoms. The van der Waals surface area contributed by atoms with E-state index in [0.717, 1.165) is 0 Å². The highest BCUT2D eigenvalue weighted by Crippen LogP contribution is 2.33. The van der Waals surface area contributed by atoms with Crippen molar-refractivity contribution in [3.8, 4) is 0 Å². The Morgan fingerprint density at radius 3 is 2.27 bits per heavy atom. The predicted octanol–water partition coefficient (Wildman–Crippen LogP) is 2.31. The van der Waals surface area contributed by atoms with Gasteiger partial charge in [-0.2, -0.15) is 0 Å². The summed E-state index contributed by atoms with van der Waals surface area (Å²) in [4.78, 5) is 0. The van der Waals surface area contributed by atoms with Gasteiger partial charge in [-0.05, 0) is 6.08 Å². The van der Waals surface area contributed by atoms with Crippen LogP contribution < -0.4 is 0 Å². The lowest BCUT2D eigenvalue weighted by molar-refractivity contribution is 0.209. The third kappa shape index (κ3) is 1.96. The van der Waals surface area contributed by atoms with Gasteiger partial charge in [-0.1, -0.05) is 11.6 Å². The molecule has 4 atom stereocenters. The number of hydrogen-bond donors (Lipinski definition) is 1. The molecular weight excluding hydrogens is 230 g/mol. The van der Waals surface area contributed by atoms with Crippen LogP contribution in [0.25, 0.3) is 0 Å². The second kappa shape index (κ2) is 3.71. The molecule has 0 fully saturated rings. The number of alkyl halides is 3. The summed E-state index contributed by atoms with van der Waals surface area (Å²) in [5, 5.41) is 7.97. The molecular formula is C6H6Cl4O. The van der Waals surface area contributed by atoms with E-state index in [2.05, 4.69) is 0 Å². The summed E-state index contributed by atoms with van der Waals surface area (Å²) in [6.07, 6.45) is 0.608. The lowest BCUT2D eigenvalue weighted by atomic mass is 10.0. The average molecular weight is 236 g/mol. The maximum atomic E-state index is 9.20. The zero-order valence-corrected chi connectivity index (χ0v) is 8.37. The zero-order chi connectivity index (χ0) is 8.59. The molecule has 0 radical (unpaired) electrons. The molecule has 1 N–H and O–H groups in total. The van der Waals surface area contributed by atoms with E-state index >= 15 is 0 Å². The van der Waals surface area contributed by atoms with Crippen molar-refractivity contribution < 1.29 is 5.11 Å². The van der Waals surface area contributed by atoms with E-state index in [1.54, 1.807) is 0 Å². The number of halogens is 4. The monoisotopic (exact) mass is 234 g/mol. The molecule has 0 aliphatic heterocycles. The van der Waals surface area contributed by atoms with Crippen LogP contribution in [0.2, 0.25) is 0 Å². The summed E-state index contributed by atoms with van der Waals surface area (Å²) >= 11 is 22.9. The van der Waals surface area contributed by atoms with Crippen molar-refractivity contribution in [3.63, 3.8) is 0 Å². The molecule has 1 aliphatic rings. The molecule has 0 aromatic carbocycles. The standard InChI is InChI=1S/C6H6Cl4O/c7-2-1-3(11)5(9)6(10)4(2)8/h1,3-6,11H/t3-,4-,5-,6-/m0/s1. The van der Waals surface area contributed by atoms with E-state index in [1.807, 2.05) is 0 Å². The Labute approximate surface area is 84.9 Å². The summed E-state index contributed by atoms with van der Waals surface area (Å²) in [5.74, 6) is 0. The Morgan fingerprint density at radius 1 is 1.18 bits per heavy atom. The molecule has 0 amide bonds. The molecule has 0 heterocycles. The van der Waals surface area contributed by atoms with Crippen LogP contribution in [-0.2, 0) is 0 Å². The second-order valence-corrected chi connectivity index (χ2v) is 4.25. The van der Waals surface area contributed by atoms with E-state index in [0.29, 0.717) is 5.03 Å². The number of allylic oxidation sites excluding steroid dienone is 1. The molecule has 0 bridgehead atoms. The van der Waals surface area contributed by atoms with Gasteiger partial charge in [0.15, 0.2) is 0 Å². The van der Waals surface area contributed by atoms with Crippen molar-refractivity contribution in [2.24, 2.45) is 0 Å². The van der Waals surface area contributed by atoms with Crippen LogP contribution in [-0.4, -0.2) is 27.3 Å². The first-order valence-corrected chi connectivity index (χ1v) is 4.70. The van der Waals surface area contributed by atoms with Crippen LogP contribution in [0, 0.1) is 0 Å². The number of aliphatic hydroxyl groups excluding tert-OH is 1. The highest BCUT2D eigenvalue weighted by Gasteiger charge is 2.35. The van der Waals surface area contributed by atoms with Crippen LogP contribution in [0.4, 0.5) is 0 Å². The minimum absolute atomic E-state index is 0.357. The van der Waals surface area contributed by atoms with Gasteiger partial charge in [-0.25, -0.2) is 0 Å². The average Bonchev–Trinajstić information content (AvgIpc) is 1.97. The number of aliphatic hydroxyl groups is 1. The first-order valence-electron chi connectivity index (χ1n) is 3.01. The summed E-state index contributed by atoms with van der Waals surface area (Å²) in [7, 11) is 0. The Morgan fingerprint density at radius 2 is 1.73 bits per heavy atom. The molecule has 1 nitrogen and oxygen atoms in total. The predicted molar refractivity (Wildman–Crippen MR) is 48.9 cm³/mol. The highest BCUT2D eigenvalue weighted by atomic mass is 35.5. The molecule has 64 valence electrons. The molecule has 0 saturated carbocycles. The Bertz CT molecular complexity index is 181. The molecule has 11 heavy (non-hydrogen) atoms. The van der Waals surface area contributed by atoms with Gasteiger partial charge in [0, 0.05) is 5.03 Å². The number of hydrogen-bond acceptors (Lipinski definition) is 1. The third-order valence-corrected chi connectivity index (χ3v) is 3.79. The van der Waals surface area contributed by atoms with Crippen molar-refractivity contribution >= 4 is 46.4 Å². The fourth-order valence-corrected chi connectivity index (χ4v) is 1.99. The minimum Gasteiger partial charge on any atom is -0.387 e. The van der Waals surface area contributed by atoms with Gasteiger partial charge in [-0.3, -0.25) is 0 Å². The van der Waals surface area contributed by atoms with Crippen molar-refractivity contribution in [3.05, 3.63) is 11.1 Å². The van der Waals surface area contributed by atoms with E-state index in [1.165, 1.54) is 6.08 Å². The van der Waals surface area contributed by atoms with Crippen molar-refractivity contribution in [1.29, 1.82) is 0 Å². The molecule has 0 aromatic rings. The minimum atomic E-state index is -0.804. The highest BCUT2D eigenvalue weighted by molar-refractivity contribution is 6.42. The fraction of sp³-hybridized carbons (Fsp3) is 0.667. The van der Waals surface area contributed by atoms with Gasteiger partial charge in [0.25, 0.3) is 0 Å². The SMILES string of the molecule is O[C@H]1C=C(Cl)[C@H](Cl)[C@H](Cl)[C@H]1Cl. The van der Waals surface area contributed by atoms with Crippen molar-refractivity contribution in [2.45, 2.75) is 22.2 Å². The molecule has 1 rings (SSSR count). The topological polar surface area (TPSA) is 20.2 Å². The van der Waals surface area contributed by atoms with Crippen molar-refractivity contribution in [2.75, 3.05) is 0 Å². The fourth-order valence-electron chi connectivity index (χ4n) is 0.849. The molecule has 1 aliphatic carbocycles. The normalized spacial score (nSPS) is 45.4. The largest absolute Gasteiger partial charge is 0.387 e. The van der Waals surface area contributed by atoms with Crippen LogP contribution in [0.1, 0.15) is 0 Å². The van der Waals surface area contributed by atoms with E-state index in [-0.39, 0.29) is 0 Å². The summed E-state index contributed by atoms with van der Waals surface area (Å²) in [6.45, 7) is 0. The van der Waals surface area contributed by atoms with Crippen molar-refractivity contribution in [1.82, 2.24) is 0 Å². The lowest BCUT2D eigenvalue weighted by Gasteiger charge is -2.28. The first-order chi connectivity index (χ1) is 5.04. The Kier molecular flexibility index (Phi) is 3.36. The maximum Gasteiger partial charge on any atom is 0.0914 e. The second-order valence-electron chi connectivity index (χ2n) is 2.33. The summed E-state index contributed by atoms with van der Waals surface area (Å²) < 4.78 is 0. The van der Waals surface area contributed by atoms with E-state index in [4.69, 9.17) is 46.4 Å². The molecule has 0 spiro atoms. The molecule has 0 saturated heterocycles. The van der Waals surface area contributed by atoms with Gasteiger partial charge >= 0.3 is 0 Å². The van der Waals surface area contributed by atoms with Gasteiger partial charge in [0.2, 0.25) is 0 Å². The quantitative estimate of drug-likeness (QED) is 0.639. The van der Waals surface area contributed by atoms with Gasteiger partial charge < -0.3 is 5.11 Å². The maximum absolute atomic E-state index is 9.20. The third-order valence-electron chi connectivity index (χ3n) is 1.50. The molecule has 0 aromatic heterocycles. The zero-order valence-electron chi connectivity index (χ0n) is 5.35. The van der Waals surface area contributed by atoms with E-state index < -0.39 is 22.2 Å². The first kappa shape index (κ1) is 9.94. The van der Waals surface area contributed by atoms with Crippen LogP contribution in [0.15, 0.2) is 11.1 Å². The van der Waals surface area contributed by atoms with Gasteiger partial charge in [0.1, 0.15) is 0 Å². The summed E-state index contributed by atoms with van der Waals surface area (Å²) in [5.41, 5.74) is 0. The smallest absolute Gasteiger partial charge is 0.0914 e. The van der Waals surface area contributed by atoms with Gasteiger partial charge in [-0.15, -0.1) is 34.8 Å². The molecule has 0 unspecified atom stereocenters. The Balaban J connectivity index is 2.83.